The third-order valence-corrected chi connectivity index (χ3v) is 5.91. The summed E-state index contributed by atoms with van der Waals surface area (Å²) in [7, 11) is 0. The molecule has 2 aliphatic rings. The van der Waals surface area contributed by atoms with Gasteiger partial charge in [0.05, 0.1) is 6.04 Å². The molecule has 33 heavy (non-hydrogen) atoms. The number of carbonyl (C=O) groups is 1. The number of halogens is 2. The predicted molar refractivity (Wildman–Crippen MR) is 119 cm³/mol. The zero-order chi connectivity index (χ0) is 22.8. The molecule has 5 rings (SSSR count). The number of rotatable bonds is 4. The van der Waals surface area contributed by atoms with Crippen LogP contribution in [0.3, 0.4) is 0 Å². The van der Waals surface area contributed by atoms with Crippen LogP contribution >= 0.6 is 0 Å². The Hall–Kier alpha value is -3.71. The first-order chi connectivity index (χ1) is 16.1. The van der Waals surface area contributed by atoms with Crippen LogP contribution in [0.4, 0.5) is 8.78 Å². The van der Waals surface area contributed by atoms with Gasteiger partial charge in [-0.3, -0.25) is 9.69 Å². The van der Waals surface area contributed by atoms with Crippen molar-refractivity contribution in [2.24, 2.45) is 0 Å². The molecule has 3 aromatic rings. The average molecular weight is 448 g/mol. The highest BCUT2D eigenvalue weighted by atomic mass is 19.1. The Morgan fingerprint density at radius 1 is 0.758 bits per heavy atom. The van der Waals surface area contributed by atoms with Crippen LogP contribution in [-0.2, 0) is 4.79 Å². The summed E-state index contributed by atoms with van der Waals surface area (Å²) in [6.45, 7) is 2.16. The SMILES string of the molecule is O=C(C1=COc2ccccc2O1)N1CCN(C(c2ccc(F)cc2)c2ccc(F)cc2)CC1. The van der Waals surface area contributed by atoms with E-state index in [2.05, 4.69) is 4.90 Å². The number of benzene rings is 3. The number of hydrogen-bond acceptors (Lipinski definition) is 4. The van der Waals surface area contributed by atoms with Crippen LogP contribution in [0.15, 0.2) is 84.8 Å². The van der Waals surface area contributed by atoms with Crippen molar-refractivity contribution in [3.05, 3.63) is 108 Å². The van der Waals surface area contributed by atoms with Crippen LogP contribution in [0.5, 0.6) is 11.5 Å². The Morgan fingerprint density at radius 3 is 1.88 bits per heavy atom. The molecule has 0 unspecified atom stereocenters. The number of amides is 1. The Kier molecular flexibility index (Phi) is 5.79. The molecule has 0 bridgehead atoms. The molecule has 2 heterocycles. The van der Waals surface area contributed by atoms with Gasteiger partial charge in [0, 0.05) is 26.2 Å². The minimum absolute atomic E-state index is 0.149. The maximum atomic E-state index is 13.5. The minimum Gasteiger partial charge on any atom is -0.457 e. The molecule has 0 atom stereocenters. The zero-order valence-electron chi connectivity index (χ0n) is 17.8. The number of piperazine rings is 1. The van der Waals surface area contributed by atoms with Crippen LogP contribution in [0, 0.1) is 11.6 Å². The van der Waals surface area contributed by atoms with Gasteiger partial charge in [-0.15, -0.1) is 0 Å². The van der Waals surface area contributed by atoms with Crippen molar-refractivity contribution in [2.45, 2.75) is 6.04 Å². The summed E-state index contributed by atoms with van der Waals surface area (Å²) in [5.41, 5.74) is 1.82. The molecule has 0 aromatic heterocycles. The van der Waals surface area contributed by atoms with E-state index in [1.165, 1.54) is 30.5 Å². The molecule has 7 heteroatoms. The second-order valence-electron chi connectivity index (χ2n) is 7.98. The van der Waals surface area contributed by atoms with Crippen LogP contribution < -0.4 is 9.47 Å². The molecule has 1 amide bonds. The van der Waals surface area contributed by atoms with E-state index in [-0.39, 0.29) is 29.3 Å². The van der Waals surface area contributed by atoms with Crippen molar-refractivity contribution in [1.29, 1.82) is 0 Å². The molecule has 2 aliphatic heterocycles. The third-order valence-electron chi connectivity index (χ3n) is 5.91. The number of fused-ring (bicyclic) bond motifs is 1. The first-order valence-corrected chi connectivity index (χ1v) is 10.8. The first kappa shape index (κ1) is 21.2. The van der Waals surface area contributed by atoms with E-state index in [0.717, 1.165) is 11.1 Å². The van der Waals surface area contributed by atoms with Crippen LogP contribution in [0.25, 0.3) is 0 Å². The molecule has 5 nitrogen and oxygen atoms in total. The van der Waals surface area contributed by atoms with Crippen LogP contribution in [0.2, 0.25) is 0 Å². The zero-order valence-corrected chi connectivity index (χ0v) is 17.8. The van der Waals surface area contributed by atoms with E-state index in [1.54, 1.807) is 41.3 Å². The predicted octanol–water partition coefficient (Wildman–Crippen LogP) is 4.51. The lowest BCUT2D eigenvalue weighted by molar-refractivity contribution is -0.131. The van der Waals surface area contributed by atoms with Crippen molar-refractivity contribution in [3.8, 4) is 11.5 Å². The Labute approximate surface area is 190 Å². The van der Waals surface area contributed by atoms with Gasteiger partial charge in [-0.1, -0.05) is 36.4 Å². The topological polar surface area (TPSA) is 42.0 Å². The monoisotopic (exact) mass is 448 g/mol. The number of nitrogens with zero attached hydrogens (tertiary/aromatic N) is 2. The third kappa shape index (κ3) is 4.45. The second-order valence-corrected chi connectivity index (χ2v) is 7.98. The smallest absolute Gasteiger partial charge is 0.292 e. The molecule has 168 valence electrons. The van der Waals surface area contributed by atoms with Crippen molar-refractivity contribution in [2.75, 3.05) is 26.2 Å². The van der Waals surface area contributed by atoms with E-state index in [1.807, 2.05) is 12.1 Å². The summed E-state index contributed by atoms with van der Waals surface area (Å²) in [5.74, 6) is 0.378. The lowest BCUT2D eigenvalue weighted by Gasteiger charge is -2.40. The molecular formula is C26H22F2N2O3. The summed E-state index contributed by atoms with van der Waals surface area (Å²) in [4.78, 5) is 16.9. The van der Waals surface area contributed by atoms with E-state index < -0.39 is 0 Å². The number of para-hydroxylation sites is 2. The molecule has 0 N–H and O–H groups in total. The van der Waals surface area contributed by atoms with Gasteiger partial charge < -0.3 is 14.4 Å². The minimum atomic E-state index is -0.309. The molecule has 3 aromatic carbocycles. The Balaban J connectivity index is 1.31. The second kappa shape index (κ2) is 9.03. The molecule has 0 radical (unpaired) electrons. The van der Waals surface area contributed by atoms with Gasteiger partial charge in [0.15, 0.2) is 11.5 Å². The Bertz CT molecular complexity index is 1130. The largest absolute Gasteiger partial charge is 0.457 e. The van der Waals surface area contributed by atoms with Gasteiger partial charge in [0.25, 0.3) is 5.91 Å². The fraction of sp³-hybridized carbons (Fsp3) is 0.192. The van der Waals surface area contributed by atoms with Crippen molar-refractivity contribution in [1.82, 2.24) is 9.80 Å². The molecular weight excluding hydrogens is 426 g/mol. The van der Waals surface area contributed by atoms with Gasteiger partial charge >= 0.3 is 0 Å². The van der Waals surface area contributed by atoms with Gasteiger partial charge in [0.2, 0.25) is 5.76 Å². The summed E-state index contributed by atoms with van der Waals surface area (Å²) >= 11 is 0. The summed E-state index contributed by atoms with van der Waals surface area (Å²) in [6, 6.07) is 19.7. The van der Waals surface area contributed by atoms with Crippen molar-refractivity contribution >= 4 is 5.91 Å². The highest BCUT2D eigenvalue weighted by Crippen LogP contribution is 2.33. The highest BCUT2D eigenvalue weighted by molar-refractivity contribution is 5.92. The summed E-state index contributed by atoms with van der Waals surface area (Å²) in [5, 5.41) is 0. The van der Waals surface area contributed by atoms with Crippen LogP contribution in [-0.4, -0.2) is 41.9 Å². The molecule has 0 aliphatic carbocycles. The quantitative estimate of drug-likeness (QED) is 0.589. The summed E-state index contributed by atoms with van der Waals surface area (Å²) in [6.07, 6.45) is 1.34. The van der Waals surface area contributed by atoms with E-state index in [0.29, 0.717) is 37.7 Å². The average Bonchev–Trinajstić information content (AvgIpc) is 2.86. The normalized spacial score (nSPS) is 16.0. The number of ether oxygens (including phenoxy) is 2. The Morgan fingerprint density at radius 2 is 1.30 bits per heavy atom. The van der Waals surface area contributed by atoms with E-state index in [9.17, 15) is 13.6 Å². The fourth-order valence-electron chi connectivity index (χ4n) is 4.23. The first-order valence-electron chi connectivity index (χ1n) is 10.8. The van der Waals surface area contributed by atoms with Crippen molar-refractivity contribution in [3.63, 3.8) is 0 Å². The standard InChI is InChI=1S/C26H22F2N2O3/c27-20-9-5-18(6-10-20)25(19-7-11-21(28)12-8-19)29-13-15-30(16-14-29)26(31)24-17-32-22-3-1-2-4-23(22)33-24/h1-12,17,25H,13-16H2. The van der Waals surface area contributed by atoms with E-state index in [4.69, 9.17) is 9.47 Å². The van der Waals surface area contributed by atoms with Crippen LogP contribution in [0.1, 0.15) is 17.2 Å². The maximum Gasteiger partial charge on any atom is 0.292 e. The molecule has 1 fully saturated rings. The summed E-state index contributed by atoms with van der Waals surface area (Å²) < 4.78 is 38.3. The molecule has 0 spiro atoms. The molecule has 1 saturated heterocycles. The maximum absolute atomic E-state index is 13.5. The van der Waals surface area contributed by atoms with Gasteiger partial charge in [-0.25, -0.2) is 8.78 Å². The lowest BCUT2D eigenvalue weighted by atomic mass is 9.96. The van der Waals surface area contributed by atoms with Gasteiger partial charge in [-0.2, -0.15) is 0 Å². The van der Waals surface area contributed by atoms with Crippen molar-refractivity contribution < 1.29 is 23.0 Å². The van der Waals surface area contributed by atoms with Gasteiger partial charge in [0.1, 0.15) is 17.9 Å². The van der Waals surface area contributed by atoms with E-state index >= 15 is 0 Å². The van der Waals surface area contributed by atoms with Gasteiger partial charge in [-0.05, 0) is 47.5 Å². The lowest BCUT2D eigenvalue weighted by Crippen LogP contribution is -2.50. The number of hydrogen-bond donors (Lipinski definition) is 0. The number of carbonyl (C=O) groups excluding carboxylic acids is 1. The fourth-order valence-corrected chi connectivity index (χ4v) is 4.23. The highest BCUT2D eigenvalue weighted by Gasteiger charge is 2.31. The molecule has 0 saturated carbocycles.